The standard InChI is InChI=1S/C24H30N4O/c1-18-5-3-7-20(13-18)23(28-9-11-29-12-10-28)17-25-15-22-16-26-27-24(22)21-8-4-6-19(2)14-21/h3-8,13-14,16,23,25H,9-12,15,17H2,1-2H3,(H,26,27). The number of nitrogens with one attached hydrogen (secondary N) is 2. The average Bonchev–Trinajstić information content (AvgIpc) is 3.20. The Morgan fingerprint density at radius 1 is 1.07 bits per heavy atom. The van der Waals surface area contributed by atoms with Crippen molar-refractivity contribution in [2.24, 2.45) is 0 Å². The lowest BCUT2D eigenvalue weighted by molar-refractivity contribution is 0.0161. The van der Waals surface area contributed by atoms with Crippen LogP contribution in [0.1, 0.15) is 28.3 Å². The van der Waals surface area contributed by atoms with Crippen LogP contribution in [0.3, 0.4) is 0 Å². The van der Waals surface area contributed by atoms with Crippen LogP contribution in [0, 0.1) is 13.8 Å². The number of nitrogens with zero attached hydrogens (tertiary/aromatic N) is 2. The minimum absolute atomic E-state index is 0.341. The molecule has 152 valence electrons. The molecule has 2 heterocycles. The van der Waals surface area contributed by atoms with Crippen molar-refractivity contribution >= 4 is 0 Å². The van der Waals surface area contributed by atoms with E-state index >= 15 is 0 Å². The SMILES string of the molecule is Cc1cccc(-c2[nH]ncc2CNCC(c2cccc(C)c2)N2CCOCC2)c1. The molecule has 1 saturated heterocycles. The zero-order valence-electron chi connectivity index (χ0n) is 17.3. The van der Waals surface area contributed by atoms with Gasteiger partial charge in [-0.05, 0) is 25.5 Å². The monoisotopic (exact) mass is 390 g/mol. The van der Waals surface area contributed by atoms with Crippen LogP contribution in [0.5, 0.6) is 0 Å². The second-order valence-electron chi connectivity index (χ2n) is 7.85. The van der Waals surface area contributed by atoms with E-state index in [-0.39, 0.29) is 0 Å². The van der Waals surface area contributed by atoms with E-state index in [1.807, 2.05) is 6.20 Å². The summed E-state index contributed by atoms with van der Waals surface area (Å²) < 4.78 is 5.57. The number of H-pyrrole nitrogens is 1. The molecule has 0 amide bonds. The molecule has 5 nitrogen and oxygen atoms in total. The van der Waals surface area contributed by atoms with Crippen molar-refractivity contribution in [3.8, 4) is 11.3 Å². The fraction of sp³-hybridized carbons (Fsp3) is 0.375. The Balaban J connectivity index is 1.47. The highest BCUT2D eigenvalue weighted by Gasteiger charge is 2.22. The lowest BCUT2D eigenvalue weighted by Gasteiger charge is -2.35. The van der Waals surface area contributed by atoms with Gasteiger partial charge < -0.3 is 10.1 Å². The van der Waals surface area contributed by atoms with Gasteiger partial charge in [0.25, 0.3) is 0 Å². The molecule has 1 fully saturated rings. The van der Waals surface area contributed by atoms with E-state index in [4.69, 9.17) is 4.74 Å². The van der Waals surface area contributed by atoms with Crippen molar-refractivity contribution in [3.05, 3.63) is 77.0 Å². The molecule has 2 N–H and O–H groups in total. The number of benzene rings is 2. The Hall–Kier alpha value is -2.47. The molecule has 0 saturated carbocycles. The highest BCUT2D eigenvalue weighted by atomic mass is 16.5. The molecule has 4 rings (SSSR count). The summed E-state index contributed by atoms with van der Waals surface area (Å²) in [5.74, 6) is 0. The molecule has 1 aromatic heterocycles. The third kappa shape index (κ3) is 4.93. The third-order valence-electron chi connectivity index (χ3n) is 5.59. The van der Waals surface area contributed by atoms with Crippen molar-refractivity contribution in [2.45, 2.75) is 26.4 Å². The fourth-order valence-corrected chi connectivity index (χ4v) is 4.06. The number of hydrogen-bond acceptors (Lipinski definition) is 4. The van der Waals surface area contributed by atoms with Crippen LogP contribution >= 0.6 is 0 Å². The van der Waals surface area contributed by atoms with Crippen LogP contribution in [-0.2, 0) is 11.3 Å². The Labute approximate surface area is 173 Å². The number of ether oxygens (including phenoxy) is 1. The largest absolute Gasteiger partial charge is 0.379 e. The fourth-order valence-electron chi connectivity index (χ4n) is 4.06. The predicted octanol–water partition coefficient (Wildman–Crippen LogP) is 3.86. The molecular formula is C24H30N4O. The molecule has 2 aromatic carbocycles. The number of aromatic amines is 1. The van der Waals surface area contributed by atoms with E-state index in [0.717, 1.165) is 45.1 Å². The lowest BCUT2D eigenvalue weighted by Crippen LogP contribution is -2.42. The molecule has 29 heavy (non-hydrogen) atoms. The van der Waals surface area contributed by atoms with Gasteiger partial charge in [0, 0.05) is 43.3 Å². The Morgan fingerprint density at radius 3 is 2.59 bits per heavy atom. The first kappa shape index (κ1) is 19.8. The van der Waals surface area contributed by atoms with Gasteiger partial charge in [0.15, 0.2) is 0 Å². The quantitative estimate of drug-likeness (QED) is 0.643. The lowest BCUT2D eigenvalue weighted by atomic mass is 10.0. The van der Waals surface area contributed by atoms with Crippen LogP contribution in [0.2, 0.25) is 0 Å². The Bertz CT molecular complexity index is 930. The second kappa shape index (κ2) is 9.35. The first-order chi connectivity index (χ1) is 14.2. The number of hydrogen-bond donors (Lipinski definition) is 2. The van der Waals surface area contributed by atoms with Crippen LogP contribution in [0.15, 0.2) is 54.7 Å². The summed E-state index contributed by atoms with van der Waals surface area (Å²) in [6, 6.07) is 17.7. The Kier molecular flexibility index (Phi) is 6.39. The molecule has 0 radical (unpaired) electrons. The summed E-state index contributed by atoms with van der Waals surface area (Å²) in [4.78, 5) is 2.53. The maximum Gasteiger partial charge on any atom is 0.0695 e. The maximum absolute atomic E-state index is 5.57. The van der Waals surface area contributed by atoms with Crippen molar-refractivity contribution in [2.75, 3.05) is 32.8 Å². The summed E-state index contributed by atoms with van der Waals surface area (Å²) in [6.07, 6.45) is 1.93. The molecule has 1 aliphatic rings. The van der Waals surface area contributed by atoms with E-state index in [0.29, 0.717) is 6.04 Å². The average molecular weight is 391 g/mol. The summed E-state index contributed by atoms with van der Waals surface area (Å²) in [7, 11) is 0. The van der Waals surface area contributed by atoms with Crippen LogP contribution in [-0.4, -0.2) is 47.9 Å². The van der Waals surface area contributed by atoms with E-state index in [2.05, 4.69) is 82.8 Å². The van der Waals surface area contributed by atoms with Gasteiger partial charge in [0.1, 0.15) is 0 Å². The van der Waals surface area contributed by atoms with E-state index in [1.165, 1.54) is 27.8 Å². The Morgan fingerprint density at radius 2 is 1.83 bits per heavy atom. The number of aromatic nitrogens is 2. The van der Waals surface area contributed by atoms with Crippen molar-refractivity contribution < 1.29 is 4.74 Å². The first-order valence-electron chi connectivity index (χ1n) is 10.4. The zero-order valence-corrected chi connectivity index (χ0v) is 17.3. The highest BCUT2D eigenvalue weighted by Crippen LogP contribution is 2.24. The minimum atomic E-state index is 0.341. The normalized spacial score (nSPS) is 16.1. The van der Waals surface area contributed by atoms with Crippen molar-refractivity contribution in [3.63, 3.8) is 0 Å². The van der Waals surface area contributed by atoms with Gasteiger partial charge in [-0.3, -0.25) is 10.00 Å². The van der Waals surface area contributed by atoms with Crippen molar-refractivity contribution in [1.29, 1.82) is 0 Å². The highest BCUT2D eigenvalue weighted by molar-refractivity contribution is 5.63. The molecule has 5 heteroatoms. The van der Waals surface area contributed by atoms with Crippen LogP contribution < -0.4 is 5.32 Å². The van der Waals surface area contributed by atoms with Gasteiger partial charge in [-0.1, -0.05) is 53.6 Å². The molecule has 0 bridgehead atoms. The minimum Gasteiger partial charge on any atom is -0.379 e. The summed E-state index contributed by atoms with van der Waals surface area (Å²) >= 11 is 0. The molecule has 1 aliphatic heterocycles. The van der Waals surface area contributed by atoms with Crippen molar-refractivity contribution in [1.82, 2.24) is 20.4 Å². The summed E-state index contributed by atoms with van der Waals surface area (Å²) in [5.41, 5.74) is 7.40. The molecular weight excluding hydrogens is 360 g/mol. The molecule has 0 aliphatic carbocycles. The maximum atomic E-state index is 5.57. The summed E-state index contributed by atoms with van der Waals surface area (Å²) in [6.45, 7) is 9.51. The number of morpholine rings is 1. The second-order valence-corrected chi connectivity index (χ2v) is 7.85. The molecule has 1 unspecified atom stereocenters. The van der Waals surface area contributed by atoms with E-state index in [9.17, 15) is 0 Å². The third-order valence-corrected chi connectivity index (χ3v) is 5.59. The van der Waals surface area contributed by atoms with Gasteiger partial charge >= 0.3 is 0 Å². The topological polar surface area (TPSA) is 53.2 Å². The van der Waals surface area contributed by atoms with E-state index < -0.39 is 0 Å². The van der Waals surface area contributed by atoms with E-state index in [1.54, 1.807) is 0 Å². The van der Waals surface area contributed by atoms with Crippen LogP contribution in [0.4, 0.5) is 0 Å². The number of rotatable bonds is 7. The molecule has 3 aromatic rings. The summed E-state index contributed by atoms with van der Waals surface area (Å²) in [5, 5.41) is 11.2. The van der Waals surface area contributed by atoms with Gasteiger partial charge in [-0.25, -0.2) is 0 Å². The first-order valence-corrected chi connectivity index (χ1v) is 10.4. The number of aryl methyl sites for hydroxylation is 2. The predicted molar refractivity (Wildman–Crippen MR) is 117 cm³/mol. The van der Waals surface area contributed by atoms with Gasteiger partial charge in [-0.15, -0.1) is 0 Å². The molecule has 1 atom stereocenters. The van der Waals surface area contributed by atoms with Gasteiger partial charge in [-0.2, -0.15) is 5.10 Å². The zero-order chi connectivity index (χ0) is 20.1. The van der Waals surface area contributed by atoms with Gasteiger partial charge in [0.2, 0.25) is 0 Å². The smallest absolute Gasteiger partial charge is 0.0695 e. The van der Waals surface area contributed by atoms with Gasteiger partial charge in [0.05, 0.1) is 25.1 Å². The van der Waals surface area contributed by atoms with Crippen LogP contribution in [0.25, 0.3) is 11.3 Å². The molecule has 0 spiro atoms.